The molecule has 0 fully saturated rings. The summed E-state index contributed by atoms with van der Waals surface area (Å²) >= 11 is 0. The van der Waals surface area contributed by atoms with E-state index in [-0.39, 0.29) is 24.3 Å². The molecule has 0 heterocycles. The molecule has 5 N–H and O–H groups in total. The van der Waals surface area contributed by atoms with E-state index in [0.29, 0.717) is 0 Å². The van der Waals surface area contributed by atoms with E-state index in [1.165, 1.54) is 7.05 Å². The summed E-state index contributed by atoms with van der Waals surface area (Å²) in [5, 5.41) is 19.9. The van der Waals surface area contributed by atoms with Crippen LogP contribution in [0.3, 0.4) is 0 Å². The Labute approximate surface area is 172 Å². The maximum Gasteiger partial charge on any atom is 0.407 e. The minimum atomic E-state index is -1.57. The summed E-state index contributed by atoms with van der Waals surface area (Å²) < 4.78 is 5.03. The van der Waals surface area contributed by atoms with Crippen LogP contribution in [0.4, 0.5) is 4.79 Å². The molecule has 0 aromatic rings. The summed E-state index contributed by atoms with van der Waals surface area (Å²) in [6.45, 7) is 11.7. The Balaban J connectivity index is 4.93. The lowest BCUT2D eigenvalue weighted by Gasteiger charge is -2.27. The van der Waals surface area contributed by atoms with Gasteiger partial charge in [0.05, 0.1) is 6.54 Å². The summed E-state index contributed by atoms with van der Waals surface area (Å²) in [5.41, 5.74) is -0.712. The lowest BCUT2D eigenvalue weighted by atomic mass is 9.99. The molecular formula is C19H36N4O6. The van der Waals surface area contributed by atoms with Crippen molar-refractivity contribution in [3.05, 3.63) is 0 Å². The molecule has 0 aliphatic rings. The van der Waals surface area contributed by atoms with Gasteiger partial charge in [0.2, 0.25) is 11.8 Å². The summed E-state index contributed by atoms with van der Waals surface area (Å²) in [5.74, 6) is -2.17. The summed E-state index contributed by atoms with van der Waals surface area (Å²) in [6, 6.07) is -1.73. The van der Waals surface area contributed by atoms with Gasteiger partial charge >= 0.3 is 6.09 Å². The number of amides is 4. The topological polar surface area (TPSA) is 146 Å². The third-order valence-corrected chi connectivity index (χ3v) is 3.88. The van der Waals surface area contributed by atoms with Crippen molar-refractivity contribution in [1.29, 1.82) is 0 Å². The fourth-order valence-electron chi connectivity index (χ4n) is 2.30. The molecule has 29 heavy (non-hydrogen) atoms. The number of alkyl carbamates (subject to hydrolysis) is 1. The van der Waals surface area contributed by atoms with E-state index >= 15 is 0 Å². The molecule has 0 spiro atoms. The Morgan fingerprint density at radius 1 is 0.862 bits per heavy atom. The highest BCUT2D eigenvalue weighted by Gasteiger charge is 2.31. The normalized spacial score (nSPS) is 14.6. The first kappa shape index (κ1) is 26.6. The van der Waals surface area contributed by atoms with Gasteiger partial charge in [0.1, 0.15) is 23.8 Å². The maximum atomic E-state index is 12.6. The van der Waals surface area contributed by atoms with Crippen molar-refractivity contribution in [2.45, 2.75) is 72.3 Å². The highest BCUT2D eigenvalue weighted by Crippen LogP contribution is 2.08. The average Bonchev–Trinajstić information content (AvgIpc) is 2.58. The first-order valence-electron chi connectivity index (χ1n) is 9.66. The molecule has 168 valence electrons. The molecule has 0 saturated carbocycles. The van der Waals surface area contributed by atoms with Gasteiger partial charge < -0.3 is 31.1 Å². The van der Waals surface area contributed by atoms with Crippen molar-refractivity contribution in [3.63, 3.8) is 0 Å². The van der Waals surface area contributed by atoms with E-state index in [1.54, 1.807) is 48.5 Å². The van der Waals surface area contributed by atoms with Gasteiger partial charge in [0, 0.05) is 7.05 Å². The molecule has 0 saturated heterocycles. The van der Waals surface area contributed by atoms with Crippen molar-refractivity contribution in [2.75, 3.05) is 13.6 Å². The highest BCUT2D eigenvalue weighted by atomic mass is 16.6. The van der Waals surface area contributed by atoms with Gasteiger partial charge in [-0.15, -0.1) is 0 Å². The fourth-order valence-corrected chi connectivity index (χ4v) is 2.30. The van der Waals surface area contributed by atoms with Crippen LogP contribution in [0.2, 0.25) is 0 Å². The molecule has 0 aromatic carbocycles. The van der Waals surface area contributed by atoms with Gasteiger partial charge in [-0.1, -0.05) is 27.7 Å². The number of carbonyl (C=O) groups excluding carboxylic acids is 4. The quantitative estimate of drug-likeness (QED) is 0.355. The third-order valence-electron chi connectivity index (χ3n) is 3.88. The number of aliphatic hydroxyl groups excluding tert-OH is 1. The zero-order chi connectivity index (χ0) is 22.9. The molecule has 10 heteroatoms. The molecule has 0 aliphatic carbocycles. The highest BCUT2D eigenvalue weighted by molar-refractivity contribution is 5.93. The molecule has 0 bridgehead atoms. The zero-order valence-electron chi connectivity index (χ0n) is 18.6. The molecule has 3 atom stereocenters. The monoisotopic (exact) mass is 416 g/mol. The molecule has 0 radical (unpaired) electrons. The first-order chi connectivity index (χ1) is 13.2. The van der Waals surface area contributed by atoms with Crippen LogP contribution in [0.1, 0.15) is 48.5 Å². The molecule has 0 aromatic heterocycles. The number of ether oxygens (including phenoxy) is 1. The molecule has 0 rings (SSSR count). The summed E-state index contributed by atoms with van der Waals surface area (Å²) in [4.78, 5) is 48.5. The minimum Gasteiger partial charge on any atom is -0.444 e. The largest absolute Gasteiger partial charge is 0.444 e. The van der Waals surface area contributed by atoms with Crippen LogP contribution in [-0.4, -0.2) is 66.3 Å². The average molecular weight is 417 g/mol. The Kier molecular flexibility index (Phi) is 10.7. The van der Waals surface area contributed by atoms with Crippen LogP contribution in [0, 0.1) is 11.8 Å². The van der Waals surface area contributed by atoms with Gasteiger partial charge in [-0.3, -0.25) is 14.4 Å². The van der Waals surface area contributed by atoms with Gasteiger partial charge in [-0.25, -0.2) is 4.79 Å². The van der Waals surface area contributed by atoms with E-state index in [4.69, 9.17) is 4.74 Å². The maximum absolute atomic E-state index is 12.6. The lowest BCUT2D eigenvalue weighted by molar-refractivity contribution is -0.136. The SMILES string of the molecule is CNC(=O)[C@@H](NC(=O)[C@@H](NC(=O)C(O)CNC(=O)OC(C)(C)C)C(C)C)C(C)C. The number of carbonyl (C=O) groups is 4. The smallest absolute Gasteiger partial charge is 0.407 e. The fraction of sp³-hybridized carbons (Fsp3) is 0.789. The number of hydrogen-bond acceptors (Lipinski definition) is 6. The number of nitrogens with one attached hydrogen (secondary N) is 4. The standard InChI is InChI=1S/C19H36N4O6/c1-10(2)13(16(26)20-8)23-17(27)14(11(3)4)22-15(25)12(24)9-21-18(28)29-19(5,6)7/h10-14,24H,9H2,1-8H3,(H,20,26)(H,21,28)(H,22,25)(H,23,27)/t12?,13-,14-/m0/s1. The third kappa shape index (κ3) is 10.1. The van der Waals surface area contributed by atoms with Crippen LogP contribution in [0.25, 0.3) is 0 Å². The van der Waals surface area contributed by atoms with Crippen LogP contribution < -0.4 is 21.3 Å². The van der Waals surface area contributed by atoms with Crippen molar-refractivity contribution in [1.82, 2.24) is 21.3 Å². The van der Waals surface area contributed by atoms with Crippen molar-refractivity contribution in [2.24, 2.45) is 11.8 Å². The molecule has 4 amide bonds. The van der Waals surface area contributed by atoms with E-state index in [0.717, 1.165) is 0 Å². The minimum absolute atomic E-state index is 0.161. The summed E-state index contributed by atoms with van der Waals surface area (Å²) in [7, 11) is 1.47. The van der Waals surface area contributed by atoms with Gasteiger partial charge in [-0.2, -0.15) is 0 Å². The second kappa shape index (κ2) is 11.6. The van der Waals surface area contributed by atoms with Gasteiger partial charge in [0.25, 0.3) is 5.91 Å². The predicted molar refractivity (Wildman–Crippen MR) is 108 cm³/mol. The number of likely N-dealkylation sites (N-methyl/N-ethyl adjacent to an activating group) is 1. The Hall–Kier alpha value is -2.36. The van der Waals surface area contributed by atoms with Crippen LogP contribution >= 0.6 is 0 Å². The van der Waals surface area contributed by atoms with Gasteiger partial charge in [-0.05, 0) is 32.6 Å². The lowest BCUT2D eigenvalue weighted by Crippen LogP contribution is -2.58. The Morgan fingerprint density at radius 2 is 1.31 bits per heavy atom. The van der Waals surface area contributed by atoms with Crippen molar-refractivity contribution < 1.29 is 29.0 Å². The Morgan fingerprint density at radius 3 is 1.72 bits per heavy atom. The van der Waals surface area contributed by atoms with Crippen molar-refractivity contribution in [3.8, 4) is 0 Å². The van der Waals surface area contributed by atoms with E-state index in [1.807, 2.05) is 0 Å². The Bertz CT molecular complexity index is 586. The summed E-state index contributed by atoms with van der Waals surface area (Å²) in [6.07, 6.45) is -2.34. The van der Waals surface area contributed by atoms with Crippen LogP contribution in [0.15, 0.2) is 0 Å². The van der Waals surface area contributed by atoms with Crippen LogP contribution in [-0.2, 0) is 19.1 Å². The zero-order valence-corrected chi connectivity index (χ0v) is 18.6. The van der Waals surface area contributed by atoms with E-state index < -0.39 is 41.7 Å². The van der Waals surface area contributed by atoms with E-state index in [9.17, 15) is 24.3 Å². The number of rotatable bonds is 9. The second-order valence-electron chi connectivity index (χ2n) is 8.47. The molecule has 1 unspecified atom stereocenters. The van der Waals surface area contributed by atoms with Gasteiger partial charge in [0.15, 0.2) is 0 Å². The molecular weight excluding hydrogens is 380 g/mol. The molecule has 10 nitrogen and oxygen atoms in total. The number of hydrogen-bond donors (Lipinski definition) is 5. The van der Waals surface area contributed by atoms with E-state index in [2.05, 4.69) is 21.3 Å². The number of aliphatic hydroxyl groups is 1. The first-order valence-corrected chi connectivity index (χ1v) is 9.66. The second-order valence-corrected chi connectivity index (χ2v) is 8.47. The molecule has 0 aliphatic heterocycles. The van der Waals surface area contributed by atoms with Crippen molar-refractivity contribution >= 4 is 23.8 Å². The predicted octanol–water partition coefficient (Wildman–Crippen LogP) is -0.100. The van der Waals surface area contributed by atoms with Crippen LogP contribution in [0.5, 0.6) is 0 Å².